The average Bonchev–Trinajstić information content (AvgIpc) is 3.54. The zero-order chi connectivity index (χ0) is 25.3. The Morgan fingerprint density at radius 2 is 1.89 bits per heavy atom. The number of hydrogen-bond donors (Lipinski definition) is 3. The van der Waals surface area contributed by atoms with Crippen LogP contribution in [0.2, 0.25) is 0 Å². The van der Waals surface area contributed by atoms with Crippen molar-refractivity contribution < 1.29 is 19.2 Å². The van der Waals surface area contributed by atoms with Crippen molar-refractivity contribution in [2.75, 3.05) is 6.54 Å². The van der Waals surface area contributed by atoms with Crippen LogP contribution in [0.5, 0.6) is 0 Å². The Kier molecular flexibility index (Phi) is 8.94. The maximum atomic E-state index is 13.3. The van der Waals surface area contributed by atoms with Gasteiger partial charge in [-0.05, 0) is 42.7 Å². The third-order valence-corrected chi connectivity index (χ3v) is 8.30. The number of benzene rings is 1. The molecule has 2 unspecified atom stereocenters. The number of rotatable bonds is 10. The van der Waals surface area contributed by atoms with Gasteiger partial charge in [-0.25, -0.2) is 14.4 Å². The van der Waals surface area contributed by atoms with Gasteiger partial charge in [0.25, 0.3) is 5.91 Å². The summed E-state index contributed by atoms with van der Waals surface area (Å²) >= 11 is 1.41. The normalized spacial score (nSPS) is 19.3. The van der Waals surface area contributed by atoms with E-state index >= 15 is 0 Å². The molecule has 2 fully saturated rings. The van der Waals surface area contributed by atoms with Crippen molar-refractivity contribution >= 4 is 45.2 Å². The van der Waals surface area contributed by atoms with Gasteiger partial charge in [0.2, 0.25) is 0 Å². The quantitative estimate of drug-likeness (QED) is 0.425. The van der Waals surface area contributed by atoms with Gasteiger partial charge in [-0.1, -0.05) is 50.3 Å². The fourth-order valence-electron chi connectivity index (χ4n) is 5.31. The van der Waals surface area contributed by atoms with Crippen molar-refractivity contribution in [3.05, 3.63) is 52.7 Å². The Hall–Kier alpha value is -3.40. The smallest absolute Gasteiger partial charge is 0.261 e. The molecular weight excluding hydrogens is 474 g/mol. The highest BCUT2D eigenvalue weighted by atomic mass is 32.1. The van der Waals surface area contributed by atoms with Crippen molar-refractivity contribution in [1.82, 2.24) is 16.0 Å². The first-order valence-corrected chi connectivity index (χ1v) is 13.4. The number of carbonyl (C=O) groups is 1. The van der Waals surface area contributed by atoms with Gasteiger partial charge in [0.15, 0.2) is 0 Å². The Labute approximate surface area is 214 Å². The van der Waals surface area contributed by atoms with Crippen LogP contribution in [0.25, 0.3) is 10.1 Å². The van der Waals surface area contributed by atoms with Crippen molar-refractivity contribution in [3.8, 4) is 0 Å². The highest BCUT2D eigenvalue weighted by Gasteiger charge is 2.29. The monoisotopic (exact) mass is 505 g/mol. The van der Waals surface area contributed by atoms with Crippen LogP contribution in [0, 0.1) is 11.8 Å². The minimum atomic E-state index is -0.561. The van der Waals surface area contributed by atoms with E-state index in [2.05, 4.69) is 16.0 Å². The SMILES string of the molecule is O=C=CC(C[C@@H]1CCNC1=C=O)NC(=C=O)C(CC1CCCCC1)NC(=O)c1cc2ccccc2s1. The summed E-state index contributed by atoms with van der Waals surface area (Å²) in [5, 5.41) is 10.2. The molecule has 0 spiro atoms. The van der Waals surface area contributed by atoms with Crippen LogP contribution in [0.3, 0.4) is 0 Å². The zero-order valence-electron chi connectivity index (χ0n) is 20.2. The molecule has 2 aliphatic rings. The van der Waals surface area contributed by atoms with Crippen LogP contribution in [0.4, 0.5) is 0 Å². The van der Waals surface area contributed by atoms with Gasteiger partial charge in [-0.3, -0.25) is 4.79 Å². The number of hydrogen-bond acceptors (Lipinski definition) is 7. The molecule has 1 aliphatic heterocycles. The van der Waals surface area contributed by atoms with Gasteiger partial charge in [-0.15, -0.1) is 11.3 Å². The number of allylic oxidation sites excluding steroid dienone is 1. The summed E-state index contributed by atoms with van der Waals surface area (Å²) in [7, 11) is 0. The summed E-state index contributed by atoms with van der Waals surface area (Å²) in [6.45, 7) is 0.665. The Morgan fingerprint density at radius 1 is 1.08 bits per heavy atom. The number of carbonyl (C=O) groups excluding carboxylic acids is 4. The van der Waals surface area contributed by atoms with Crippen LogP contribution >= 0.6 is 11.3 Å². The van der Waals surface area contributed by atoms with Crippen molar-refractivity contribution in [2.45, 2.75) is 63.5 Å². The van der Waals surface area contributed by atoms with Crippen LogP contribution in [-0.4, -0.2) is 42.4 Å². The summed E-state index contributed by atoms with van der Waals surface area (Å²) in [4.78, 5) is 48.5. The first-order valence-electron chi connectivity index (χ1n) is 12.6. The Bertz CT molecular complexity index is 1200. The van der Waals surface area contributed by atoms with Gasteiger partial charge in [0.05, 0.1) is 22.7 Å². The molecule has 1 saturated carbocycles. The van der Waals surface area contributed by atoms with E-state index in [0.717, 1.165) is 42.2 Å². The van der Waals surface area contributed by atoms with Crippen LogP contribution in [0.15, 0.2) is 47.8 Å². The summed E-state index contributed by atoms with van der Waals surface area (Å²) in [6, 6.07) is 8.60. The molecule has 0 bridgehead atoms. The van der Waals surface area contributed by atoms with Crippen molar-refractivity contribution in [1.29, 1.82) is 0 Å². The molecule has 1 amide bonds. The summed E-state index contributed by atoms with van der Waals surface area (Å²) < 4.78 is 1.02. The van der Waals surface area contributed by atoms with E-state index in [9.17, 15) is 19.2 Å². The van der Waals surface area contributed by atoms with Gasteiger partial charge >= 0.3 is 0 Å². The Balaban J connectivity index is 1.53. The van der Waals surface area contributed by atoms with E-state index in [4.69, 9.17) is 0 Å². The van der Waals surface area contributed by atoms with Gasteiger partial charge in [0, 0.05) is 23.2 Å². The molecule has 2 aromatic rings. The Morgan fingerprint density at radius 3 is 2.61 bits per heavy atom. The molecule has 8 heteroatoms. The van der Waals surface area contributed by atoms with Crippen LogP contribution in [0.1, 0.15) is 61.0 Å². The molecule has 188 valence electrons. The molecule has 3 N–H and O–H groups in total. The lowest BCUT2D eigenvalue weighted by molar-refractivity contribution is 0.0938. The molecule has 0 radical (unpaired) electrons. The number of thiophene rings is 1. The van der Waals surface area contributed by atoms with E-state index in [1.807, 2.05) is 48.2 Å². The lowest BCUT2D eigenvalue weighted by Gasteiger charge is -2.29. The standard InChI is InChI=1S/C28H31N3O4S/c32-13-11-22(15-20-10-12-29-24(20)17-33)30-25(18-34)23(14-19-6-2-1-3-7-19)31-28(35)27-16-21-8-4-5-9-26(21)36-27/h4-5,8-9,11,16,19-20,22-23,29-30H,1-3,6-7,10,12,14-15H2,(H,31,35)/t20-,22?,23?/m0/s1. The molecular formula is C28H31N3O4S. The summed E-state index contributed by atoms with van der Waals surface area (Å²) in [5.41, 5.74) is 0.698. The second-order valence-electron chi connectivity index (χ2n) is 9.63. The van der Waals surface area contributed by atoms with E-state index in [1.165, 1.54) is 23.8 Å². The van der Waals surface area contributed by atoms with Crippen molar-refractivity contribution in [3.63, 3.8) is 0 Å². The maximum absolute atomic E-state index is 13.3. The second-order valence-corrected chi connectivity index (χ2v) is 10.7. The summed E-state index contributed by atoms with van der Waals surface area (Å²) in [5.74, 6) is 5.81. The molecule has 4 rings (SSSR count). The molecule has 3 atom stereocenters. The highest BCUT2D eigenvalue weighted by molar-refractivity contribution is 7.20. The molecule has 1 aromatic heterocycles. The van der Waals surface area contributed by atoms with E-state index in [0.29, 0.717) is 35.9 Å². The minimum absolute atomic E-state index is 0.0950. The fourth-order valence-corrected chi connectivity index (χ4v) is 6.28. The number of nitrogens with one attached hydrogen (secondary N) is 3. The fraction of sp³-hybridized carbons (Fsp3) is 0.464. The maximum Gasteiger partial charge on any atom is 0.261 e. The van der Waals surface area contributed by atoms with Gasteiger partial charge in [0.1, 0.15) is 23.5 Å². The van der Waals surface area contributed by atoms with E-state index < -0.39 is 12.1 Å². The van der Waals surface area contributed by atoms with Gasteiger partial charge < -0.3 is 16.0 Å². The third kappa shape index (κ3) is 6.42. The molecule has 1 saturated heterocycles. The van der Waals surface area contributed by atoms with E-state index in [1.54, 1.807) is 0 Å². The van der Waals surface area contributed by atoms with Crippen molar-refractivity contribution in [2.24, 2.45) is 11.8 Å². The lowest BCUT2D eigenvalue weighted by atomic mass is 9.84. The molecule has 1 aromatic carbocycles. The molecule has 1 aliphatic carbocycles. The predicted octanol–water partition coefficient (Wildman–Crippen LogP) is 3.75. The minimum Gasteiger partial charge on any atom is -0.379 e. The number of fused-ring (bicyclic) bond motifs is 1. The molecule has 7 nitrogen and oxygen atoms in total. The largest absolute Gasteiger partial charge is 0.379 e. The lowest BCUT2D eigenvalue weighted by Crippen LogP contribution is -2.44. The average molecular weight is 506 g/mol. The molecule has 36 heavy (non-hydrogen) atoms. The zero-order valence-corrected chi connectivity index (χ0v) is 21.0. The highest BCUT2D eigenvalue weighted by Crippen LogP contribution is 2.30. The predicted molar refractivity (Wildman–Crippen MR) is 141 cm³/mol. The molecule has 2 heterocycles. The number of amides is 1. The first-order chi connectivity index (χ1) is 17.6. The topological polar surface area (TPSA) is 104 Å². The van der Waals surface area contributed by atoms with Gasteiger partial charge in [-0.2, -0.15) is 0 Å². The third-order valence-electron chi connectivity index (χ3n) is 7.18. The second kappa shape index (κ2) is 12.5. The van der Waals surface area contributed by atoms with E-state index in [-0.39, 0.29) is 17.5 Å². The summed E-state index contributed by atoms with van der Waals surface area (Å²) in [6.07, 6.45) is 8.71. The van der Waals surface area contributed by atoms with Crippen LogP contribution in [-0.2, 0) is 14.4 Å². The first kappa shape index (κ1) is 25.7. The van der Waals surface area contributed by atoms with Crippen LogP contribution < -0.4 is 16.0 Å².